The van der Waals surface area contributed by atoms with E-state index in [1.165, 1.54) is 30.6 Å². The first-order valence-electron chi connectivity index (χ1n) is 5.83. The highest BCUT2D eigenvalue weighted by molar-refractivity contribution is 7.12. The first-order valence-corrected chi connectivity index (χ1v) is 6.71. The minimum Gasteiger partial charge on any atom is -0.508 e. The van der Waals surface area contributed by atoms with Crippen LogP contribution >= 0.6 is 11.3 Å². The summed E-state index contributed by atoms with van der Waals surface area (Å²) in [5.41, 5.74) is 1.22. The lowest BCUT2D eigenvalue weighted by atomic mass is 10.1. The Morgan fingerprint density at radius 3 is 2.60 bits per heavy atom. The number of carbonyl (C=O) groups excluding carboxylic acids is 2. The van der Waals surface area contributed by atoms with Crippen LogP contribution in [0.1, 0.15) is 15.2 Å². The maximum Gasteiger partial charge on any atom is 0.350 e. The molecule has 0 unspecified atom stereocenters. The van der Waals surface area contributed by atoms with E-state index in [0.717, 1.165) is 5.56 Å². The summed E-state index contributed by atoms with van der Waals surface area (Å²) in [6.07, 6.45) is 0.163. The molecule has 0 saturated heterocycles. The van der Waals surface area contributed by atoms with Crippen LogP contribution in [0.2, 0.25) is 0 Å². The predicted molar refractivity (Wildman–Crippen MR) is 76.1 cm³/mol. The number of phenols is 1. The Hall–Kier alpha value is -2.34. The van der Waals surface area contributed by atoms with E-state index >= 15 is 0 Å². The zero-order valence-corrected chi connectivity index (χ0v) is 11.6. The SMILES string of the molecule is COC(=O)c1sccc1NC(=O)Cc1ccc(O)cc1. The topological polar surface area (TPSA) is 75.6 Å². The average molecular weight is 291 g/mol. The molecule has 1 aromatic heterocycles. The highest BCUT2D eigenvalue weighted by Gasteiger charge is 2.15. The van der Waals surface area contributed by atoms with Crippen molar-refractivity contribution in [2.75, 3.05) is 12.4 Å². The normalized spacial score (nSPS) is 10.1. The molecular weight excluding hydrogens is 278 g/mol. The van der Waals surface area contributed by atoms with Crippen LogP contribution in [0.4, 0.5) is 5.69 Å². The Morgan fingerprint density at radius 1 is 1.25 bits per heavy atom. The van der Waals surface area contributed by atoms with Crippen LogP contribution in [0.5, 0.6) is 5.75 Å². The number of phenolic OH excluding ortho intramolecular Hbond substituents is 1. The van der Waals surface area contributed by atoms with Gasteiger partial charge in [-0.15, -0.1) is 11.3 Å². The summed E-state index contributed by atoms with van der Waals surface area (Å²) in [6.45, 7) is 0. The summed E-state index contributed by atoms with van der Waals surface area (Å²) in [7, 11) is 1.30. The zero-order chi connectivity index (χ0) is 14.5. The van der Waals surface area contributed by atoms with E-state index < -0.39 is 5.97 Å². The van der Waals surface area contributed by atoms with E-state index in [0.29, 0.717) is 10.6 Å². The van der Waals surface area contributed by atoms with Gasteiger partial charge in [0.05, 0.1) is 19.2 Å². The number of thiophene rings is 1. The Morgan fingerprint density at radius 2 is 1.95 bits per heavy atom. The number of nitrogens with one attached hydrogen (secondary N) is 1. The third-order valence-electron chi connectivity index (χ3n) is 2.61. The molecule has 1 amide bonds. The summed E-state index contributed by atoms with van der Waals surface area (Å²) in [4.78, 5) is 23.8. The van der Waals surface area contributed by atoms with Crippen molar-refractivity contribution in [3.63, 3.8) is 0 Å². The molecule has 0 aliphatic rings. The van der Waals surface area contributed by atoms with Gasteiger partial charge in [0.1, 0.15) is 10.6 Å². The Bertz CT molecular complexity index is 618. The number of esters is 1. The van der Waals surface area contributed by atoms with Crippen LogP contribution in [0.3, 0.4) is 0 Å². The minimum atomic E-state index is -0.472. The van der Waals surface area contributed by atoms with Crippen molar-refractivity contribution in [3.8, 4) is 5.75 Å². The lowest BCUT2D eigenvalue weighted by Gasteiger charge is -2.05. The lowest BCUT2D eigenvalue weighted by Crippen LogP contribution is -2.15. The number of ether oxygens (including phenoxy) is 1. The number of amides is 1. The molecule has 20 heavy (non-hydrogen) atoms. The molecule has 1 aromatic carbocycles. The predicted octanol–water partition coefficient (Wildman–Crippen LogP) is 2.42. The molecule has 0 bridgehead atoms. The second-order valence-electron chi connectivity index (χ2n) is 4.05. The Labute approximate surface area is 119 Å². The van der Waals surface area contributed by atoms with E-state index in [-0.39, 0.29) is 18.1 Å². The molecule has 0 aliphatic heterocycles. The van der Waals surface area contributed by atoms with Crippen molar-refractivity contribution in [3.05, 3.63) is 46.2 Å². The summed E-state index contributed by atoms with van der Waals surface area (Å²) in [5, 5.41) is 13.6. The monoisotopic (exact) mass is 291 g/mol. The molecule has 6 heteroatoms. The average Bonchev–Trinajstić information content (AvgIpc) is 2.88. The molecular formula is C14H13NO4S. The standard InChI is InChI=1S/C14H13NO4S/c1-19-14(18)13-11(6-7-20-13)15-12(17)8-9-2-4-10(16)5-3-9/h2-7,16H,8H2,1H3,(H,15,17). The Balaban J connectivity index is 2.03. The second-order valence-corrected chi connectivity index (χ2v) is 4.96. The maximum absolute atomic E-state index is 11.9. The summed E-state index contributed by atoms with van der Waals surface area (Å²) in [6, 6.07) is 8.04. The summed E-state index contributed by atoms with van der Waals surface area (Å²) in [5.74, 6) is -0.556. The van der Waals surface area contributed by atoms with Gasteiger partial charge < -0.3 is 15.2 Å². The van der Waals surface area contributed by atoms with Crippen molar-refractivity contribution in [1.82, 2.24) is 0 Å². The van der Waals surface area contributed by atoms with E-state index in [2.05, 4.69) is 10.1 Å². The first-order chi connectivity index (χ1) is 9.60. The van der Waals surface area contributed by atoms with Crippen LogP contribution in [-0.2, 0) is 16.0 Å². The number of methoxy groups -OCH3 is 1. The quantitative estimate of drug-likeness (QED) is 0.848. The molecule has 2 N–H and O–H groups in total. The fourth-order valence-electron chi connectivity index (χ4n) is 1.65. The first kappa shape index (κ1) is 14.1. The molecule has 1 heterocycles. The summed E-state index contributed by atoms with van der Waals surface area (Å²) >= 11 is 1.21. The number of anilines is 1. The van der Waals surface area contributed by atoms with Crippen LogP contribution in [0.25, 0.3) is 0 Å². The van der Waals surface area contributed by atoms with Crippen molar-refractivity contribution < 1.29 is 19.4 Å². The van der Waals surface area contributed by atoms with E-state index in [1.54, 1.807) is 23.6 Å². The van der Waals surface area contributed by atoms with Crippen LogP contribution in [0.15, 0.2) is 35.7 Å². The smallest absolute Gasteiger partial charge is 0.350 e. The number of hydrogen-bond donors (Lipinski definition) is 2. The highest BCUT2D eigenvalue weighted by atomic mass is 32.1. The van der Waals surface area contributed by atoms with E-state index in [4.69, 9.17) is 0 Å². The molecule has 0 atom stereocenters. The van der Waals surface area contributed by atoms with E-state index in [9.17, 15) is 14.7 Å². The molecule has 0 aliphatic carbocycles. The molecule has 0 spiro atoms. The molecule has 0 radical (unpaired) electrons. The van der Waals surface area contributed by atoms with Gasteiger partial charge in [-0.3, -0.25) is 4.79 Å². The van der Waals surface area contributed by atoms with Crippen molar-refractivity contribution in [1.29, 1.82) is 0 Å². The van der Waals surface area contributed by atoms with Gasteiger partial charge in [0, 0.05) is 0 Å². The third kappa shape index (κ3) is 3.36. The number of carbonyl (C=O) groups is 2. The fourth-order valence-corrected chi connectivity index (χ4v) is 2.42. The van der Waals surface area contributed by atoms with Gasteiger partial charge in [0.15, 0.2) is 0 Å². The van der Waals surface area contributed by atoms with Crippen LogP contribution in [-0.4, -0.2) is 24.1 Å². The number of hydrogen-bond acceptors (Lipinski definition) is 5. The molecule has 2 rings (SSSR count). The van der Waals surface area contributed by atoms with Crippen LogP contribution in [0, 0.1) is 0 Å². The van der Waals surface area contributed by atoms with Gasteiger partial charge >= 0.3 is 5.97 Å². The van der Waals surface area contributed by atoms with Gasteiger partial charge in [-0.2, -0.15) is 0 Å². The zero-order valence-electron chi connectivity index (χ0n) is 10.8. The second kappa shape index (κ2) is 6.21. The molecule has 2 aromatic rings. The molecule has 5 nitrogen and oxygen atoms in total. The maximum atomic E-state index is 11.9. The fraction of sp³-hybridized carbons (Fsp3) is 0.143. The van der Waals surface area contributed by atoms with E-state index in [1.807, 2.05) is 0 Å². The number of benzene rings is 1. The van der Waals surface area contributed by atoms with Crippen molar-refractivity contribution >= 4 is 28.9 Å². The van der Waals surface area contributed by atoms with Gasteiger partial charge in [0.2, 0.25) is 5.91 Å². The summed E-state index contributed by atoms with van der Waals surface area (Å²) < 4.78 is 4.64. The van der Waals surface area contributed by atoms with Crippen molar-refractivity contribution in [2.24, 2.45) is 0 Å². The molecule has 0 fully saturated rings. The highest BCUT2D eigenvalue weighted by Crippen LogP contribution is 2.23. The largest absolute Gasteiger partial charge is 0.508 e. The van der Waals surface area contributed by atoms with Gasteiger partial charge in [-0.1, -0.05) is 12.1 Å². The van der Waals surface area contributed by atoms with Crippen LogP contribution < -0.4 is 5.32 Å². The molecule has 104 valence electrons. The number of rotatable bonds is 4. The van der Waals surface area contributed by atoms with Gasteiger partial charge in [-0.05, 0) is 29.1 Å². The molecule has 0 saturated carbocycles. The number of aromatic hydroxyl groups is 1. The Kier molecular flexibility index (Phi) is 4.37. The van der Waals surface area contributed by atoms with Crippen molar-refractivity contribution in [2.45, 2.75) is 6.42 Å². The van der Waals surface area contributed by atoms with Gasteiger partial charge in [0.25, 0.3) is 0 Å². The van der Waals surface area contributed by atoms with Gasteiger partial charge in [-0.25, -0.2) is 4.79 Å². The lowest BCUT2D eigenvalue weighted by molar-refractivity contribution is -0.115. The third-order valence-corrected chi connectivity index (χ3v) is 3.51. The minimum absolute atomic E-state index is 0.153.